The average molecular weight is 469 g/mol. The summed E-state index contributed by atoms with van der Waals surface area (Å²) in [5.74, 6) is -0.332. The molecule has 150 valence electrons. The lowest BCUT2D eigenvalue weighted by Crippen LogP contribution is -2.26. The van der Waals surface area contributed by atoms with Crippen LogP contribution < -0.4 is 10.9 Å². The first kappa shape index (κ1) is 19.7. The lowest BCUT2D eigenvalue weighted by atomic mass is 10.2. The molecule has 2 aromatic heterocycles. The topological polar surface area (TPSA) is 90.0 Å². The number of nitrogens with one attached hydrogen (secondary N) is 1. The Morgan fingerprint density at radius 3 is 2.73 bits per heavy atom. The summed E-state index contributed by atoms with van der Waals surface area (Å²) in [5.41, 5.74) is 1.18. The van der Waals surface area contributed by atoms with E-state index < -0.39 is 11.7 Å². The molecule has 9 heteroatoms. The Hall–Kier alpha value is -3.59. The minimum absolute atomic E-state index is 0.212. The number of aromatic nitrogens is 3. The highest BCUT2D eigenvalue weighted by atomic mass is 79.9. The van der Waals surface area contributed by atoms with Gasteiger partial charge in [0.1, 0.15) is 12.4 Å². The van der Waals surface area contributed by atoms with Crippen molar-refractivity contribution in [3.8, 4) is 22.8 Å². The van der Waals surface area contributed by atoms with Gasteiger partial charge in [-0.15, -0.1) is 0 Å². The Morgan fingerprint density at radius 1 is 1.10 bits per heavy atom. The standard InChI is InChI=1S/C21H14BrFN4O3/c22-15-4-1-3-13(9-15)20-25-21(30-26-20)14-7-8-19(29)27(11-14)12-18(28)24-17-6-2-5-16(23)10-17/h1-11H,12H2,(H,24,28). The molecule has 0 atom stereocenters. The highest BCUT2D eigenvalue weighted by molar-refractivity contribution is 9.10. The Balaban J connectivity index is 1.55. The molecule has 0 bridgehead atoms. The summed E-state index contributed by atoms with van der Waals surface area (Å²) in [4.78, 5) is 28.8. The maximum atomic E-state index is 13.3. The molecule has 4 aromatic rings. The van der Waals surface area contributed by atoms with Gasteiger partial charge in [-0.25, -0.2) is 4.39 Å². The lowest BCUT2D eigenvalue weighted by molar-refractivity contribution is -0.116. The monoisotopic (exact) mass is 468 g/mol. The molecule has 2 aromatic carbocycles. The van der Waals surface area contributed by atoms with Crippen LogP contribution in [-0.4, -0.2) is 20.6 Å². The SMILES string of the molecule is O=C(Cn1cc(-c2nc(-c3cccc(Br)c3)no2)ccc1=O)Nc1cccc(F)c1. The predicted octanol–water partition coefficient (Wildman–Crippen LogP) is 4.11. The first-order valence-electron chi connectivity index (χ1n) is 8.84. The van der Waals surface area contributed by atoms with Crippen molar-refractivity contribution in [1.82, 2.24) is 14.7 Å². The van der Waals surface area contributed by atoms with Crippen LogP contribution >= 0.6 is 15.9 Å². The van der Waals surface area contributed by atoms with E-state index in [-0.39, 0.29) is 18.0 Å². The van der Waals surface area contributed by atoms with Gasteiger partial charge in [0.05, 0.1) is 5.56 Å². The molecule has 0 spiro atoms. The van der Waals surface area contributed by atoms with Gasteiger partial charge in [-0.2, -0.15) is 4.98 Å². The molecule has 0 saturated carbocycles. The van der Waals surface area contributed by atoms with Crippen molar-refractivity contribution in [2.75, 3.05) is 5.32 Å². The number of anilines is 1. The van der Waals surface area contributed by atoms with E-state index in [1.807, 2.05) is 24.3 Å². The maximum absolute atomic E-state index is 13.3. The van der Waals surface area contributed by atoms with Crippen LogP contribution in [0.4, 0.5) is 10.1 Å². The van der Waals surface area contributed by atoms with E-state index in [0.29, 0.717) is 17.1 Å². The van der Waals surface area contributed by atoms with Crippen molar-refractivity contribution < 1.29 is 13.7 Å². The molecular formula is C21H14BrFN4O3. The van der Waals surface area contributed by atoms with E-state index in [9.17, 15) is 14.0 Å². The quantitative estimate of drug-likeness (QED) is 0.475. The van der Waals surface area contributed by atoms with Gasteiger partial charge in [0, 0.05) is 28.0 Å². The third kappa shape index (κ3) is 4.52. The van der Waals surface area contributed by atoms with Crippen molar-refractivity contribution in [2.45, 2.75) is 6.54 Å². The molecule has 0 aliphatic heterocycles. The minimum atomic E-state index is -0.472. The molecule has 30 heavy (non-hydrogen) atoms. The Labute approximate surface area is 178 Å². The third-order valence-corrected chi connectivity index (χ3v) is 4.65. The fourth-order valence-corrected chi connectivity index (χ4v) is 3.19. The maximum Gasteiger partial charge on any atom is 0.259 e. The van der Waals surface area contributed by atoms with E-state index in [1.165, 1.54) is 35.0 Å². The number of hydrogen-bond donors (Lipinski definition) is 1. The van der Waals surface area contributed by atoms with Crippen LogP contribution in [0.25, 0.3) is 22.8 Å². The Bertz CT molecular complexity index is 1280. The van der Waals surface area contributed by atoms with E-state index in [1.54, 1.807) is 12.1 Å². The zero-order valence-electron chi connectivity index (χ0n) is 15.4. The highest BCUT2D eigenvalue weighted by Crippen LogP contribution is 2.23. The molecule has 1 N–H and O–H groups in total. The largest absolute Gasteiger partial charge is 0.334 e. The van der Waals surface area contributed by atoms with Crippen LogP contribution in [0.1, 0.15) is 0 Å². The van der Waals surface area contributed by atoms with Crippen molar-refractivity contribution in [1.29, 1.82) is 0 Å². The molecule has 0 fully saturated rings. The number of nitrogens with zero attached hydrogens (tertiary/aromatic N) is 3. The number of carbonyl (C=O) groups excluding carboxylic acids is 1. The first-order valence-corrected chi connectivity index (χ1v) is 9.63. The fraction of sp³-hybridized carbons (Fsp3) is 0.0476. The van der Waals surface area contributed by atoms with Gasteiger partial charge >= 0.3 is 0 Å². The molecule has 1 amide bonds. The van der Waals surface area contributed by atoms with Crippen LogP contribution in [0.15, 0.2) is 80.7 Å². The van der Waals surface area contributed by atoms with Gasteiger partial charge in [-0.3, -0.25) is 9.59 Å². The second-order valence-corrected chi connectivity index (χ2v) is 7.29. The molecule has 2 heterocycles. The van der Waals surface area contributed by atoms with Crippen molar-refractivity contribution >= 4 is 27.5 Å². The number of hydrogen-bond acceptors (Lipinski definition) is 5. The molecule has 0 radical (unpaired) electrons. The van der Waals surface area contributed by atoms with Crippen LogP contribution in [0, 0.1) is 5.82 Å². The van der Waals surface area contributed by atoms with Crippen LogP contribution in [0.3, 0.4) is 0 Å². The van der Waals surface area contributed by atoms with E-state index in [2.05, 4.69) is 31.4 Å². The Kier molecular flexibility index (Phi) is 5.53. The number of rotatable bonds is 5. The molecular weight excluding hydrogens is 455 g/mol. The number of pyridine rings is 1. The number of carbonyl (C=O) groups is 1. The molecule has 0 unspecified atom stereocenters. The molecule has 7 nitrogen and oxygen atoms in total. The predicted molar refractivity (Wildman–Crippen MR) is 112 cm³/mol. The van der Waals surface area contributed by atoms with E-state index in [0.717, 1.165) is 10.0 Å². The van der Waals surface area contributed by atoms with Gasteiger partial charge in [-0.05, 0) is 36.4 Å². The average Bonchev–Trinajstić information content (AvgIpc) is 3.20. The summed E-state index contributed by atoms with van der Waals surface area (Å²) in [6.45, 7) is -0.254. The zero-order chi connectivity index (χ0) is 21.1. The highest BCUT2D eigenvalue weighted by Gasteiger charge is 2.13. The van der Waals surface area contributed by atoms with Crippen LogP contribution in [0.5, 0.6) is 0 Å². The van der Waals surface area contributed by atoms with Crippen molar-refractivity contribution in [3.63, 3.8) is 0 Å². The molecule has 0 saturated heterocycles. The summed E-state index contributed by atoms with van der Waals surface area (Å²) in [6, 6.07) is 15.8. The first-order chi connectivity index (χ1) is 14.5. The molecule has 0 aliphatic rings. The molecule has 4 rings (SSSR count). The van der Waals surface area contributed by atoms with Gasteiger partial charge in [0.15, 0.2) is 0 Å². The fourth-order valence-electron chi connectivity index (χ4n) is 2.79. The Morgan fingerprint density at radius 2 is 1.93 bits per heavy atom. The van der Waals surface area contributed by atoms with Gasteiger partial charge in [0.2, 0.25) is 11.7 Å². The zero-order valence-corrected chi connectivity index (χ0v) is 17.0. The lowest BCUT2D eigenvalue weighted by Gasteiger charge is -2.08. The normalized spacial score (nSPS) is 10.7. The van der Waals surface area contributed by atoms with Gasteiger partial charge in [0.25, 0.3) is 11.4 Å². The van der Waals surface area contributed by atoms with E-state index in [4.69, 9.17) is 4.52 Å². The summed E-state index contributed by atoms with van der Waals surface area (Å²) < 4.78 is 20.7. The van der Waals surface area contributed by atoms with Crippen molar-refractivity contribution in [2.24, 2.45) is 0 Å². The summed E-state index contributed by atoms with van der Waals surface area (Å²) in [6.07, 6.45) is 1.46. The van der Waals surface area contributed by atoms with E-state index >= 15 is 0 Å². The minimum Gasteiger partial charge on any atom is -0.334 e. The van der Waals surface area contributed by atoms with Gasteiger partial charge < -0.3 is 14.4 Å². The van der Waals surface area contributed by atoms with Crippen molar-refractivity contribution in [3.05, 3.63) is 87.5 Å². The smallest absolute Gasteiger partial charge is 0.259 e. The number of amides is 1. The molecule has 0 aliphatic carbocycles. The summed E-state index contributed by atoms with van der Waals surface area (Å²) >= 11 is 3.40. The van der Waals surface area contributed by atoms with Crippen LogP contribution in [-0.2, 0) is 11.3 Å². The number of halogens is 2. The second-order valence-electron chi connectivity index (χ2n) is 6.38. The summed E-state index contributed by atoms with van der Waals surface area (Å²) in [5, 5.41) is 6.53. The third-order valence-electron chi connectivity index (χ3n) is 4.16. The van der Waals surface area contributed by atoms with Gasteiger partial charge in [-0.1, -0.05) is 39.3 Å². The number of benzene rings is 2. The summed E-state index contributed by atoms with van der Waals surface area (Å²) in [7, 11) is 0. The van der Waals surface area contributed by atoms with Crippen LogP contribution in [0.2, 0.25) is 0 Å². The second kappa shape index (κ2) is 8.42.